The second-order valence-electron chi connectivity index (χ2n) is 4.40. The van der Waals surface area contributed by atoms with Crippen LogP contribution < -0.4 is 0 Å². The number of carbonyl (C=O) groups is 2. The number of halogens is 1. The van der Waals surface area contributed by atoms with Crippen molar-refractivity contribution in [1.82, 2.24) is 0 Å². The fourth-order valence-corrected chi connectivity index (χ4v) is 2.64. The molecule has 0 heterocycles. The second-order valence-corrected chi connectivity index (χ2v) is 5.26. The minimum atomic E-state index is -0.991. The number of benzene rings is 2. The topological polar surface area (TPSA) is 54.4 Å². The van der Waals surface area contributed by atoms with Gasteiger partial charge in [0.2, 0.25) is 0 Å². The summed E-state index contributed by atoms with van der Waals surface area (Å²) in [6, 6.07) is 16.0. The van der Waals surface area contributed by atoms with Gasteiger partial charge in [-0.05, 0) is 11.6 Å². The van der Waals surface area contributed by atoms with E-state index in [0.717, 1.165) is 4.47 Å². The van der Waals surface area contributed by atoms with E-state index in [2.05, 4.69) is 15.9 Å². The van der Waals surface area contributed by atoms with E-state index in [1.165, 1.54) is 0 Å². The van der Waals surface area contributed by atoms with E-state index in [4.69, 9.17) is 5.11 Å². The summed E-state index contributed by atoms with van der Waals surface area (Å²) in [6.45, 7) is 0. The van der Waals surface area contributed by atoms with Gasteiger partial charge >= 0.3 is 5.97 Å². The lowest BCUT2D eigenvalue weighted by atomic mass is 9.88. The standard InChI is InChI=1S/C16H13BrO3/c17-14-9-5-4-8-12(14)13(10-15(18)19)16(20)11-6-2-1-3-7-11/h1-9,13H,10H2,(H,18,19). The lowest BCUT2D eigenvalue weighted by Gasteiger charge is -2.16. The first-order chi connectivity index (χ1) is 9.59. The maximum absolute atomic E-state index is 12.5. The van der Waals surface area contributed by atoms with Crippen LogP contribution in [0.5, 0.6) is 0 Å². The summed E-state index contributed by atoms with van der Waals surface area (Å²) >= 11 is 3.38. The van der Waals surface area contributed by atoms with Gasteiger partial charge in [0.05, 0.1) is 12.3 Å². The predicted molar refractivity (Wildman–Crippen MR) is 79.9 cm³/mol. The molecule has 0 amide bonds. The molecule has 2 aromatic rings. The zero-order valence-corrected chi connectivity index (χ0v) is 12.2. The van der Waals surface area contributed by atoms with E-state index in [-0.39, 0.29) is 12.2 Å². The highest BCUT2D eigenvalue weighted by Gasteiger charge is 2.26. The van der Waals surface area contributed by atoms with Gasteiger partial charge in [0.25, 0.3) is 0 Å². The Balaban J connectivity index is 2.41. The molecule has 1 atom stereocenters. The van der Waals surface area contributed by atoms with Crippen LogP contribution in [0, 0.1) is 0 Å². The van der Waals surface area contributed by atoms with Gasteiger partial charge in [-0.15, -0.1) is 0 Å². The molecule has 0 saturated heterocycles. The van der Waals surface area contributed by atoms with E-state index in [1.54, 1.807) is 36.4 Å². The summed E-state index contributed by atoms with van der Waals surface area (Å²) in [6.07, 6.45) is -0.226. The Morgan fingerprint density at radius 1 is 1.00 bits per heavy atom. The first kappa shape index (κ1) is 14.5. The molecule has 102 valence electrons. The van der Waals surface area contributed by atoms with Crippen LogP contribution >= 0.6 is 15.9 Å². The number of carboxylic acids is 1. The lowest BCUT2D eigenvalue weighted by Crippen LogP contribution is -2.17. The van der Waals surface area contributed by atoms with Crippen molar-refractivity contribution >= 4 is 27.7 Å². The largest absolute Gasteiger partial charge is 0.481 e. The summed E-state index contributed by atoms with van der Waals surface area (Å²) in [5, 5.41) is 9.06. The van der Waals surface area contributed by atoms with Gasteiger partial charge in [0, 0.05) is 10.0 Å². The van der Waals surface area contributed by atoms with Crippen molar-refractivity contribution in [2.45, 2.75) is 12.3 Å². The van der Waals surface area contributed by atoms with Crippen molar-refractivity contribution in [2.24, 2.45) is 0 Å². The number of Topliss-reactive ketones (excluding diaryl/α,β-unsaturated/α-hetero) is 1. The third-order valence-corrected chi connectivity index (χ3v) is 3.76. The number of aliphatic carboxylic acids is 1. The zero-order valence-electron chi connectivity index (χ0n) is 10.6. The minimum absolute atomic E-state index is 0.181. The van der Waals surface area contributed by atoms with Crippen LogP contribution in [0.1, 0.15) is 28.3 Å². The minimum Gasteiger partial charge on any atom is -0.481 e. The molecular formula is C16H13BrO3. The average molecular weight is 333 g/mol. The van der Waals surface area contributed by atoms with Crippen molar-refractivity contribution in [2.75, 3.05) is 0 Å². The monoisotopic (exact) mass is 332 g/mol. The number of rotatable bonds is 5. The van der Waals surface area contributed by atoms with Crippen molar-refractivity contribution in [3.05, 3.63) is 70.2 Å². The van der Waals surface area contributed by atoms with Crippen LogP contribution in [0.25, 0.3) is 0 Å². The third-order valence-electron chi connectivity index (χ3n) is 3.03. The van der Waals surface area contributed by atoms with Gasteiger partial charge in [-0.3, -0.25) is 9.59 Å². The Hall–Kier alpha value is -1.94. The van der Waals surface area contributed by atoms with Crippen LogP contribution in [0.4, 0.5) is 0 Å². The average Bonchev–Trinajstić information content (AvgIpc) is 2.46. The number of carbonyl (C=O) groups excluding carboxylic acids is 1. The molecule has 0 saturated carbocycles. The van der Waals surface area contributed by atoms with Gasteiger partial charge < -0.3 is 5.11 Å². The smallest absolute Gasteiger partial charge is 0.304 e. The zero-order chi connectivity index (χ0) is 14.5. The third kappa shape index (κ3) is 3.33. The highest BCUT2D eigenvalue weighted by atomic mass is 79.9. The Labute approximate surface area is 125 Å². The summed E-state index contributed by atoms with van der Waals surface area (Å²) in [4.78, 5) is 23.6. The van der Waals surface area contributed by atoms with Gasteiger partial charge in [0.15, 0.2) is 5.78 Å². The molecular weight excluding hydrogens is 320 g/mol. The van der Waals surface area contributed by atoms with E-state index in [1.807, 2.05) is 18.2 Å². The Bertz CT molecular complexity index is 623. The van der Waals surface area contributed by atoms with E-state index in [0.29, 0.717) is 11.1 Å². The summed E-state index contributed by atoms with van der Waals surface area (Å²) < 4.78 is 0.746. The molecule has 1 unspecified atom stereocenters. The maximum Gasteiger partial charge on any atom is 0.304 e. The van der Waals surface area contributed by atoms with Gasteiger partial charge in [0.1, 0.15) is 0 Å². The molecule has 0 spiro atoms. The van der Waals surface area contributed by atoms with Crippen molar-refractivity contribution in [1.29, 1.82) is 0 Å². The molecule has 0 radical (unpaired) electrons. The number of ketones is 1. The lowest BCUT2D eigenvalue weighted by molar-refractivity contribution is -0.137. The van der Waals surface area contributed by atoms with Crippen molar-refractivity contribution in [3.8, 4) is 0 Å². The first-order valence-electron chi connectivity index (χ1n) is 6.15. The highest BCUT2D eigenvalue weighted by molar-refractivity contribution is 9.10. The Morgan fingerprint density at radius 3 is 2.20 bits per heavy atom. The molecule has 4 heteroatoms. The fourth-order valence-electron chi connectivity index (χ4n) is 2.08. The van der Waals surface area contributed by atoms with Crippen LogP contribution in [-0.2, 0) is 4.79 Å². The molecule has 0 aliphatic rings. The molecule has 0 aliphatic heterocycles. The summed E-state index contributed by atoms with van der Waals surface area (Å²) in [5.74, 6) is -1.86. The molecule has 1 N–H and O–H groups in total. The molecule has 2 aromatic carbocycles. The molecule has 0 bridgehead atoms. The van der Waals surface area contributed by atoms with Crippen LogP contribution in [0.3, 0.4) is 0 Å². The van der Waals surface area contributed by atoms with Crippen molar-refractivity contribution < 1.29 is 14.7 Å². The van der Waals surface area contributed by atoms with Gasteiger partial charge in [-0.2, -0.15) is 0 Å². The van der Waals surface area contributed by atoms with Gasteiger partial charge in [-0.25, -0.2) is 0 Å². The van der Waals surface area contributed by atoms with Crippen LogP contribution in [-0.4, -0.2) is 16.9 Å². The predicted octanol–water partition coefficient (Wildman–Crippen LogP) is 3.89. The van der Waals surface area contributed by atoms with E-state index < -0.39 is 11.9 Å². The van der Waals surface area contributed by atoms with Crippen molar-refractivity contribution in [3.63, 3.8) is 0 Å². The Kier molecular flexibility index (Phi) is 4.69. The first-order valence-corrected chi connectivity index (χ1v) is 6.94. The van der Waals surface area contributed by atoms with E-state index in [9.17, 15) is 9.59 Å². The molecule has 0 aliphatic carbocycles. The van der Waals surface area contributed by atoms with Crippen LogP contribution in [0.15, 0.2) is 59.1 Å². The van der Waals surface area contributed by atoms with Gasteiger partial charge in [-0.1, -0.05) is 64.5 Å². The summed E-state index contributed by atoms with van der Waals surface area (Å²) in [5.41, 5.74) is 1.22. The highest BCUT2D eigenvalue weighted by Crippen LogP contribution is 2.30. The Morgan fingerprint density at radius 2 is 1.60 bits per heavy atom. The maximum atomic E-state index is 12.5. The SMILES string of the molecule is O=C(O)CC(C(=O)c1ccccc1)c1ccccc1Br. The normalized spacial score (nSPS) is 11.8. The van der Waals surface area contributed by atoms with E-state index >= 15 is 0 Å². The number of hydrogen-bond donors (Lipinski definition) is 1. The molecule has 3 nitrogen and oxygen atoms in total. The van der Waals surface area contributed by atoms with Crippen LogP contribution in [0.2, 0.25) is 0 Å². The molecule has 0 fully saturated rings. The molecule has 0 aromatic heterocycles. The molecule has 20 heavy (non-hydrogen) atoms. The fraction of sp³-hybridized carbons (Fsp3) is 0.125. The second kappa shape index (κ2) is 6.48. The quantitative estimate of drug-likeness (QED) is 0.845. The molecule has 2 rings (SSSR count). The number of carboxylic acid groups (broad SMARTS) is 1. The summed E-state index contributed by atoms with van der Waals surface area (Å²) in [7, 11) is 0. The number of hydrogen-bond acceptors (Lipinski definition) is 2.